The first kappa shape index (κ1) is 20.0. The summed E-state index contributed by atoms with van der Waals surface area (Å²) in [4.78, 5) is 29.7. The normalized spacial score (nSPS) is 16.2. The Balaban J connectivity index is 1.85. The van der Waals surface area contributed by atoms with Crippen LogP contribution >= 0.6 is 0 Å². The average molecular weight is 422 g/mol. The van der Waals surface area contributed by atoms with Crippen molar-refractivity contribution in [1.82, 2.24) is 9.55 Å². The van der Waals surface area contributed by atoms with E-state index in [0.29, 0.717) is 35.3 Å². The van der Waals surface area contributed by atoms with Gasteiger partial charge in [-0.15, -0.1) is 0 Å². The maximum absolute atomic E-state index is 14.6. The van der Waals surface area contributed by atoms with E-state index in [2.05, 4.69) is 0 Å². The predicted octanol–water partition coefficient (Wildman–Crippen LogP) is 2.91. The lowest BCUT2D eigenvalue weighted by atomic mass is 9.84. The molecule has 0 fully saturated rings. The molecule has 2 aromatic heterocycles. The summed E-state index contributed by atoms with van der Waals surface area (Å²) in [5.41, 5.74) is 3.76. The summed E-state index contributed by atoms with van der Waals surface area (Å²) in [6, 6.07) is 3.11. The zero-order valence-electron chi connectivity index (χ0n) is 17.7. The quantitative estimate of drug-likeness (QED) is 0.512. The summed E-state index contributed by atoms with van der Waals surface area (Å²) < 4.78 is 21.4. The van der Waals surface area contributed by atoms with Gasteiger partial charge in [-0.05, 0) is 55.9 Å². The van der Waals surface area contributed by atoms with Crippen LogP contribution < -0.4 is 5.56 Å². The molecule has 0 unspecified atom stereocenters. The number of carbonyl (C=O) groups excluding carboxylic acids is 1. The van der Waals surface area contributed by atoms with Gasteiger partial charge in [-0.25, -0.2) is 9.37 Å². The second kappa shape index (κ2) is 6.80. The Labute approximate surface area is 178 Å². The van der Waals surface area contributed by atoms with Crippen molar-refractivity contribution in [3.8, 4) is 11.4 Å². The molecule has 3 aromatic rings. The molecule has 1 aliphatic carbocycles. The number of nitrogens with zero attached hydrogens (tertiary/aromatic N) is 2. The third-order valence-corrected chi connectivity index (χ3v) is 6.69. The Morgan fingerprint density at radius 2 is 2.03 bits per heavy atom. The number of aliphatic hydroxyl groups is 1. The first-order valence-corrected chi connectivity index (χ1v) is 10.4. The number of rotatable bonds is 4. The monoisotopic (exact) mass is 422 g/mol. The molecule has 6 nitrogen and oxygen atoms in total. The number of fused-ring (bicyclic) bond motifs is 4. The third-order valence-electron chi connectivity index (χ3n) is 6.69. The number of pyridine rings is 2. The van der Waals surface area contributed by atoms with Crippen LogP contribution in [-0.2, 0) is 41.1 Å². The van der Waals surface area contributed by atoms with E-state index in [4.69, 9.17) is 9.72 Å². The number of aldehydes is 1. The molecule has 0 spiro atoms. The summed E-state index contributed by atoms with van der Waals surface area (Å²) >= 11 is 0. The largest absolute Gasteiger partial charge is 0.380 e. The number of aromatic nitrogens is 2. The first-order chi connectivity index (χ1) is 14.8. The molecule has 5 rings (SSSR count). The van der Waals surface area contributed by atoms with Gasteiger partial charge in [0.25, 0.3) is 5.56 Å². The van der Waals surface area contributed by atoms with E-state index in [1.807, 2.05) is 0 Å². The summed E-state index contributed by atoms with van der Waals surface area (Å²) in [7, 11) is 1.46. The summed E-state index contributed by atoms with van der Waals surface area (Å²) in [5.74, 6) is -0.279. The predicted molar refractivity (Wildman–Crippen MR) is 114 cm³/mol. The van der Waals surface area contributed by atoms with Crippen LogP contribution in [0, 0.1) is 12.7 Å². The number of benzene rings is 1. The molecule has 31 heavy (non-hydrogen) atoms. The van der Waals surface area contributed by atoms with Gasteiger partial charge in [0.2, 0.25) is 0 Å². The lowest BCUT2D eigenvalue weighted by Gasteiger charge is -2.22. The van der Waals surface area contributed by atoms with E-state index in [0.717, 1.165) is 41.3 Å². The van der Waals surface area contributed by atoms with Crippen molar-refractivity contribution in [2.24, 2.45) is 0 Å². The number of halogens is 1. The Kier molecular flexibility index (Phi) is 4.39. The van der Waals surface area contributed by atoms with Gasteiger partial charge in [0.05, 0.1) is 30.1 Å². The molecule has 0 saturated heterocycles. The molecule has 160 valence electrons. The van der Waals surface area contributed by atoms with Gasteiger partial charge in [-0.2, -0.15) is 0 Å². The van der Waals surface area contributed by atoms with Gasteiger partial charge >= 0.3 is 0 Å². The lowest BCUT2D eigenvalue weighted by Crippen LogP contribution is -2.32. The second-order valence-corrected chi connectivity index (χ2v) is 8.64. The minimum absolute atomic E-state index is 0.0222. The van der Waals surface area contributed by atoms with Crippen LogP contribution in [0.2, 0.25) is 0 Å². The fourth-order valence-electron chi connectivity index (χ4n) is 5.11. The smallest absolute Gasteiger partial charge is 0.257 e. The van der Waals surface area contributed by atoms with Crippen LogP contribution in [0.5, 0.6) is 0 Å². The number of aryl methyl sites for hydroxylation is 2. The molecule has 0 saturated carbocycles. The van der Waals surface area contributed by atoms with Crippen molar-refractivity contribution < 1.29 is 19.0 Å². The molecule has 1 N–H and O–H groups in total. The van der Waals surface area contributed by atoms with E-state index < -0.39 is 5.60 Å². The lowest BCUT2D eigenvalue weighted by molar-refractivity contribution is -0.123. The van der Waals surface area contributed by atoms with Gasteiger partial charge < -0.3 is 14.4 Å². The van der Waals surface area contributed by atoms with Crippen molar-refractivity contribution >= 4 is 17.2 Å². The molecule has 0 amide bonds. The summed E-state index contributed by atoms with van der Waals surface area (Å²) in [5, 5.41) is 11.7. The van der Waals surface area contributed by atoms with Crippen molar-refractivity contribution in [3.63, 3.8) is 0 Å². The van der Waals surface area contributed by atoms with Crippen molar-refractivity contribution in [3.05, 3.63) is 61.7 Å². The Morgan fingerprint density at radius 1 is 1.29 bits per heavy atom. The fraction of sp³-hybridized carbons (Fsp3) is 0.375. The molecular weight excluding hydrogens is 399 g/mol. The first-order valence-electron chi connectivity index (χ1n) is 10.4. The van der Waals surface area contributed by atoms with Crippen LogP contribution in [0.15, 0.2) is 16.9 Å². The molecular formula is C24H23FN2O4. The topological polar surface area (TPSA) is 81.4 Å². The molecule has 1 atom stereocenters. The summed E-state index contributed by atoms with van der Waals surface area (Å²) in [6.07, 6.45) is 2.97. The van der Waals surface area contributed by atoms with Crippen LogP contribution in [0.3, 0.4) is 0 Å². The fourth-order valence-corrected chi connectivity index (χ4v) is 5.11. The second-order valence-electron chi connectivity index (χ2n) is 8.64. The molecule has 0 radical (unpaired) electrons. The molecule has 1 aliphatic heterocycles. The minimum atomic E-state index is -1.84. The number of ether oxygens (including phenoxy) is 1. The average Bonchev–Trinajstić information content (AvgIpc) is 3.13. The number of carbonyl (C=O) groups is 1. The SMILES string of the molecule is COCc1c([C@](C)(O)C=O)cc2n(c1=O)Cc1c-2nc2cc(F)c(C)c3c2c1CCC3. The Hall–Kier alpha value is -2.90. The maximum Gasteiger partial charge on any atom is 0.257 e. The van der Waals surface area contributed by atoms with Crippen LogP contribution in [-0.4, -0.2) is 28.1 Å². The van der Waals surface area contributed by atoms with E-state index in [-0.39, 0.29) is 29.1 Å². The third kappa shape index (κ3) is 2.73. The highest BCUT2D eigenvalue weighted by Crippen LogP contribution is 2.41. The van der Waals surface area contributed by atoms with Crippen LogP contribution in [0.25, 0.3) is 22.3 Å². The highest BCUT2D eigenvalue weighted by Gasteiger charge is 2.34. The van der Waals surface area contributed by atoms with E-state index in [9.17, 15) is 19.1 Å². The maximum atomic E-state index is 14.6. The molecule has 0 bridgehead atoms. The van der Waals surface area contributed by atoms with E-state index in [1.165, 1.54) is 20.1 Å². The minimum Gasteiger partial charge on any atom is -0.380 e. The number of hydrogen-bond acceptors (Lipinski definition) is 5. The molecule has 2 aliphatic rings. The summed E-state index contributed by atoms with van der Waals surface area (Å²) in [6.45, 7) is 3.49. The molecule has 7 heteroatoms. The number of hydrogen-bond donors (Lipinski definition) is 1. The zero-order chi connectivity index (χ0) is 22.1. The van der Waals surface area contributed by atoms with Crippen molar-refractivity contribution in [1.29, 1.82) is 0 Å². The van der Waals surface area contributed by atoms with Gasteiger partial charge in [0.1, 0.15) is 11.4 Å². The van der Waals surface area contributed by atoms with Gasteiger partial charge in [-0.1, -0.05) is 0 Å². The van der Waals surface area contributed by atoms with E-state index >= 15 is 0 Å². The Morgan fingerprint density at radius 3 is 2.74 bits per heavy atom. The molecule has 3 heterocycles. The van der Waals surface area contributed by atoms with Gasteiger partial charge in [0.15, 0.2) is 6.29 Å². The van der Waals surface area contributed by atoms with Crippen molar-refractivity contribution in [2.75, 3.05) is 7.11 Å². The highest BCUT2D eigenvalue weighted by molar-refractivity contribution is 5.92. The highest BCUT2D eigenvalue weighted by atomic mass is 19.1. The zero-order valence-corrected chi connectivity index (χ0v) is 17.7. The van der Waals surface area contributed by atoms with E-state index in [1.54, 1.807) is 17.6 Å². The Bertz CT molecular complexity index is 1340. The standard InChI is InChI=1S/C24H23FN2O4/c1-12-13-5-4-6-14-15-9-27-20(22(15)26-19(21(13)14)8-18(12)25)7-17(24(2,30)11-28)16(10-31-3)23(27)29/h7-8,11,30H,4-6,9-10H2,1-3H3/t24-/m1/s1. The molecule has 1 aromatic carbocycles. The van der Waals surface area contributed by atoms with Gasteiger partial charge in [0, 0.05) is 35.3 Å². The van der Waals surface area contributed by atoms with Crippen molar-refractivity contribution in [2.45, 2.75) is 51.9 Å². The van der Waals surface area contributed by atoms with Crippen LogP contribution in [0.1, 0.15) is 46.7 Å². The van der Waals surface area contributed by atoms with Gasteiger partial charge in [-0.3, -0.25) is 9.59 Å². The number of methoxy groups -OCH3 is 1. The van der Waals surface area contributed by atoms with Crippen LogP contribution in [0.4, 0.5) is 4.39 Å².